The number of β-lactam (4-membered cyclic amide) rings is 1. The Morgan fingerprint density at radius 3 is 1.74 bits per heavy atom. The van der Waals surface area contributed by atoms with Gasteiger partial charge in [0.2, 0.25) is 5.91 Å². The van der Waals surface area contributed by atoms with Crippen molar-refractivity contribution in [3.05, 3.63) is 125 Å². The molecule has 1 aromatic heterocycles. The summed E-state index contributed by atoms with van der Waals surface area (Å²) >= 11 is 1.63. The highest BCUT2D eigenvalue weighted by Gasteiger charge is 2.51. The molecule has 0 bridgehead atoms. The van der Waals surface area contributed by atoms with Crippen molar-refractivity contribution < 1.29 is 14.3 Å². The molecule has 6 heteroatoms. The number of aromatic nitrogens is 1. The van der Waals surface area contributed by atoms with Crippen LogP contribution in [0.15, 0.2) is 95.4 Å². The lowest BCUT2D eigenvalue weighted by Crippen LogP contribution is -2.59. The van der Waals surface area contributed by atoms with Gasteiger partial charge in [0, 0.05) is 6.92 Å². The number of benzene rings is 3. The van der Waals surface area contributed by atoms with E-state index in [-0.39, 0.29) is 11.3 Å². The van der Waals surface area contributed by atoms with E-state index in [1.165, 1.54) is 0 Å². The predicted molar refractivity (Wildman–Crippen MR) is 133 cm³/mol. The van der Waals surface area contributed by atoms with E-state index in [9.17, 15) is 9.90 Å². The van der Waals surface area contributed by atoms with Crippen LogP contribution in [0.2, 0.25) is 0 Å². The highest BCUT2D eigenvalue weighted by molar-refractivity contribution is 8.01. The number of carbonyl (C=O) groups is 1. The lowest BCUT2D eigenvalue weighted by molar-refractivity contribution is -0.138. The molecule has 0 spiro atoms. The van der Waals surface area contributed by atoms with Crippen LogP contribution in [0.1, 0.15) is 40.1 Å². The molecule has 0 radical (unpaired) electrons. The van der Waals surface area contributed by atoms with Gasteiger partial charge in [-0.2, -0.15) is 0 Å². The molecular formula is C28H26N2O3S. The molecule has 4 aromatic rings. The van der Waals surface area contributed by atoms with E-state index < -0.39 is 16.8 Å². The SMILES string of the molecule is Cc1nc(C)c(C(O)C2C(=O)NC2SC(c2ccccc2)(c2ccccc2)c2ccccc2)o1. The lowest BCUT2D eigenvalue weighted by Gasteiger charge is -2.45. The second-order valence-electron chi connectivity index (χ2n) is 8.48. The second kappa shape index (κ2) is 9.12. The number of nitrogens with one attached hydrogen (secondary N) is 1. The fourth-order valence-electron chi connectivity index (χ4n) is 4.68. The number of amides is 1. The van der Waals surface area contributed by atoms with Gasteiger partial charge < -0.3 is 14.8 Å². The minimum Gasteiger partial charge on any atom is -0.443 e. The first kappa shape index (κ1) is 22.4. The summed E-state index contributed by atoms with van der Waals surface area (Å²) in [6.45, 7) is 3.53. The Kier molecular flexibility index (Phi) is 6.02. The number of hydrogen-bond acceptors (Lipinski definition) is 5. The van der Waals surface area contributed by atoms with Crippen molar-refractivity contribution in [1.29, 1.82) is 0 Å². The fourth-order valence-corrected chi connectivity index (χ4v) is 6.47. The van der Waals surface area contributed by atoms with Crippen LogP contribution >= 0.6 is 11.8 Å². The molecular weight excluding hydrogens is 444 g/mol. The molecule has 0 aliphatic carbocycles. The Morgan fingerprint density at radius 1 is 0.882 bits per heavy atom. The van der Waals surface area contributed by atoms with Crippen molar-refractivity contribution >= 4 is 17.7 Å². The molecule has 34 heavy (non-hydrogen) atoms. The summed E-state index contributed by atoms with van der Waals surface area (Å²) in [4.78, 5) is 17.0. The lowest BCUT2D eigenvalue weighted by atomic mass is 9.84. The van der Waals surface area contributed by atoms with Gasteiger partial charge in [-0.05, 0) is 23.6 Å². The van der Waals surface area contributed by atoms with Crippen molar-refractivity contribution in [1.82, 2.24) is 10.3 Å². The number of aryl methyl sites for hydroxylation is 2. The van der Waals surface area contributed by atoms with Gasteiger partial charge in [-0.3, -0.25) is 4.79 Å². The van der Waals surface area contributed by atoms with Crippen molar-refractivity contribution in [2.75, 3.05) is 0 Å². The minimum absolute atomic E-state index is 0.193. The van der Waals surface area contributed by atoms with Gasteiger partial charge in [0.1, 0.15) is 12.0 Å². The summed E-state index contributed by atoms with van der Waals surface area (Å²) in [5.41, 5.74) is 3.89. The van der Waals surface area contributed by atoms with Gasteiger partial charge >= 0.3 is 0 Å². The van der Waals surface area contributed by atoms with E-state index in [0.29, 0.717) is 17.3 Å². The zero-order valence-corrected chi connectivity index (χ0v) is 19.8. The van der Waals surface area contributed by atoms with Gasteiger partial charge in [-0.15, -0.1) is 11.8 Å². The number of aliphatic hydroxyl groups is 1. The topological polar surface area (TPSA) is 75.4 Å². The summed E-state index contributed by atoms with van der Waals surface area (Å²) < 4.78 is 5.06. The summed E-state index contributed by atoms with van der Waals surface area (Å²) in [6.07, 6.45) is -1.08. The van der Waals surface area contributed by atoms with Gasteiger partial charge in [0.15, 0.2) is 11.7 Å². The first-order chi connectivity index (χ1) is 16.5. The zero-order chi connectivity index (χ0) is 23.7. The Morgan fingerprint density at radius 2 is 1.35 bits per heavy atom. The molecule has 1 aliphatic rings. The standard InChI is InChI=1S/C28H26N2O3S/c1-18-25(33-19(2)29-18)24(31)23-26(32)30-27(23)34-28(20-12-6-3-7-13-20,21-14-8-4-9-15-21)22-16-10-5-11-17-22/h3-17,23-24,27,31H,1-2H3,(H,30,32). The van der Waals surface area contributed by atoms with Crippen molar-refractivity contribution in [3.8, 4) is 0 Å². The number of rotatable bonds is 7. The van der Waals surface area contributed by atoms with Crippen LogP contribution < -0.4 is 5.32 Å². The molecule has 1 aliphatic heterocycles. The predicted octanol–water partition coefficient (Wildman–Crippen LogP) is 5.12. The molecule has 3 unspecified atom stereocenters. The molecule has 2 heterocycles. The molecule has 3 atom stereocenters. The minimum atomic E-state index is -1.08. The highest BCUT2D eigenvalue weighted by atomic mass is 32.2. The molecule has 3 aromatic carbocycles. The molecule has 0 saturated carbocycles. The summed E-state index contributed by atoms with van der Waals surface area (Å²) in [5, 5.41) is 13.9. The van der Waals surface area contributed by atoms with E-state index in [2.05, 4.69) is 46.7 Å². The van der Waals surface area contributed by atoms with Gasteiger partial charge in [0.25, 0.3) is 0 Å². The molecule has 2 N–H and O–H groups in total. The van der Waals surface area contributed by atoms with Crippen molar-refractivity contribution in [2.24, 2.45) is 5.92 Å². The smallest absolute Gasteiger partial charge is 0.230 e. The summed E-state index contributed by atoms with van der Waals surface area (Å²) in [6, 6.07) is 30.9. The van der Waals surface area contributed by atoms with Crippen LogP contribution in [-0.4, -0.2) is 21.4 Å². The Labute approximate surface area is 203 Å². The Hall–Kier alpha value is -3.35. The van der Waals surface area contributed by atoms with Crippen LogP contribution in [0.5, 0.6) is 0 Å². The summed E-state index contributed by atoms with van der Waals surface area (Å²) in [5.74, 6) is -0.0246. The van der Waals surface area contributed by atoms with Crippen LogP contribution in [0.3, 0.4) is 0 Å². The molecule has 172 valence electrons. The zero-order valence-electron chi connectivity index (χ0n) is 19.0. The first-order valence-electron chi connectivity index (χ1n) is 11.3. The average Bonchev–Trinajstić information content (AvgIpc) is 3.21. The molecule has 5 nitrogen and oxygen atoms in total. The maximum Gasteiger partial charge on any atom is 0.230 e. The molecule has 5 rings (SSSR count). The van der Waals surface area contributed by atoms with Crippen LogP contribution in [0.4, 0.5) is 0 Å². The second-order valence-corrected chi connectivity index (χ2v) is 9.84. The van der Waals surface area contributed by atoms with Crippen molar-refractivity contribution in [2.45, 2.75) is 30.1 Å². The maximum atomic E-state index is 12.7. The average molecular weight is 471 g/mol. The number of aliphatic hydroxyl groups excluding tert-OH is 1. The van der Waals surface area contributed by atoms with Crippen LogP contribution in [0, 0.1) is 19.8 Å². The van der Waals surface area contributed by atoms with E-state index >= 15 is 0 Å². The maximum absolute atomic E-state index is 12.7. The Balaban J connectivity index is 1.62. The quantitative estimate of drug-likeness (QED) is 0.290. The largest absolute Gasteiger partial charge is 0.443 e. The molecule has 1 saturated heterocycles. The van der Waals surface area contributed by atoms with E-state index in [4.69, 9.17) is 4.42 Å². The van der Waals surface area contributed by atoms with E-state index in [1.54, 1.807) is 25.6 Å². The number of carbonyl (C=O) groups excluding carboxylic acids is 1. The van der Waals surface area contributed by atoms with Crippen LogP contribution in [0.25, 0.3) is 0 Å². The third-order valence-corrected chi connectivity index (χ3v) is 8.03. The highest BCUT2D eigenvalue weighted by Crippen LogP contribution is 2.53. The Bertz CT molecular complexity index is 1180. The van der Waals surface area contributed by atoms with Gasteiger partial charge in [-0.25, -0.2) is 4.98 Å². The summed E-state index contributed by atoms with van der Waals surface area (Å²) in [7, 11) is 0. The third kappa shape index (κ3) is 3.83. The number of thioether (sulfide) groups is 1. The monoisotopic (exact) mass is 470 g/mol. The number of hydrogen-bond donors (Lipinski definition) is 2. The molecule has 1 amide bonds. The fraction of sp³-hybridized carbons (Fsp3) is 0.214. The van der Waals surface area contributed by atoms with E-state index in [1.807, 2.05) is 54.6 Å². The number of oxazole rings is 1. The van der Waals surface area contributed by atoms with Gasteiger partial charge in [-0.1, -0.05) is 91.0 Å². The van der Waals surface area contributed by atoms with Crippen LogP contribution in [-0.2, 0) is 9.54 Å². The van der Waals surface area contributed by atoms with Gasteiger partial charge in [0.05, 0.1) is 15.8 Å². The first-order valence-corrected chi connectivity index (χ1v) is 12.2. The normalized spacial score (nSPS) is 18.7. The molecule has 1 fully saturated rings. The number of nitrogens with zero attached hydrogens (tertiary/aromatic N) is 1. The van der Waals surface area contributed by atoms with Crippen molar-refractivity contribution in [3.63, 3.8) is 0 Å². The van der Waals surface area contributed by atoms with E-state index in [0.717, 1.165) is 16.7 Å². The third-order valence-electron chi connectivity index (χ3n) is 6.31.